The smallest absolute Gasteiger partial charge is 0.171 e. The first-order valence-corrected chi connectivity index (χ1v) is 8.94. The Hall–Kier alpha value is -2.79. The summed E-state index contributed by atoms with van der Waals surface area (Å²) in [6, 6.07) is 18.5. The Balaban J connectivity index is 1.38. The number of piperazine rings is 1. The number of ether oxygens (including phenoxy) is 1. The average Bonchev–Trinajstić information content (AvgIpc) is 3.17. The number of hydrogen-bond acceptors (Lipinski definition) is 5. The SMILES string of the molecule is COc1ccc(N2CCN(Cc3cnoc3-c3ccccc3)CC2)cc1. The summed E-state index contributed by atoms with van der Waals surface area (Å²) in [5.74, 6) is 1.77. The summed E-state index contributed by atoms with van der Waals surface area (Å²) in [4.78, 5) is 4.88. The first kappa shape index (κ1) is 16.7. The summed E-state index contributed by atoms with van der Waals surface area (Å²) >= 11 is 0. The van der Waals surface area contributed by atoms with E-state index in [9.17, 15) is 0 Å². The lowest BCUT2D eigenvalue weighted by Gasteiger charge is -2.36. The minimum absolute atomic E-state index is 0.865. The highest BCUT2D eigenvalue weighted by Gasteiger charge is 2.20. The highest BCUT2D eigenvalue weighted by molar-refractivity contribution is 5.60. The summed E-state index contributed by atoms with van der Waals surface area (Å²) in [5, 5.41) is 4.02. The first-order valence-electron chi connectivity index (χ1n) is 8.94. The van der Waals surface area contributed by atoms with Crippen molar-refractivity contribution >= 4 is 5.69 Å². The van der Waals surface area contributed by atoms with Gasteiger partial charge in [0.2, 0.25) is 0 Å². The van der Waals surface area contributed by atoms with Crippen LogP contribution in [-0.4, -0.2) is 43.3 Å². The van der Waals surface area contributed by atoms with E-state index in [4.69, 9.17) is 9.26 Å². The fourth-order valence-electron chi connectivity index (χ4n) is 3.40. The minimum Gasteiger partial charge on any atom is -0.497 e. The fourth-order valence-corrected chi connectivity index (χ4v) is 3.40. The van der Waals surface area contributed by atoms with Crippen LogP contribution < -0.4 is 9.64 Å². The lowest BCUT2D eigenvalue weighted by atomic mass is 10.1. The molecule has 0 aliphatic carbocycles. The molecule has 0 saturated carbocycles. The van der Waals surface area contributed by atoms with Crippen molar-refractivity contribution in [3.8, 4) is 17.1 Å². The molecule has 0 radical (unpaired) electrons. The van der Waals surface area contributed by atoms with Crippen molar-refractivity contribution < 1.29 is 9.26 Å². The molecule has 1 fully saturated rings. The van der Waals surface area contributed by atoms with Gasteiger partial charge in [0.25, 0.3) is 0 Å². The molecular formula is C21H23N3O2. The number of hydrogen-bond donors (Lipinski definition) is 0. The largest absolute Gasteiger partial charge is 0.497 e. The second kappa shape index (κ2) is 7.62. The van der Waals surface area contributed by atoms with Gasteiger partial charge in [-0.25, -0.2) is 0 Å². The Labute approximate surface area is 153 Å². The quantitative estimate of drug-likeness (QED) is 0.703. The van der Waals surface area contributed by atoms with Crippen molar-refractivity contribution in [3.63, 3.8) is 0 Å². The predicted octanol–water partition coefficient (Wildman–Crippen LogP) is 3.67. The van der Waals surface area contributed by atoms with E-state index >= 15 is 0 Å². The van der Waals surface area contributed by atoms with E-state index in [2.05, 4.69) is 39.2 Å². The Kier molecular flexibility index (Phi) is 4.88. The summed E-state index contributed by atoms with van der Waals surface area (Å²) in [5.41, 5.74) is 3.48. The van der Waals surface area contributed by atoms with Crippen LogP contribution in [0.4, 0.5) is 5.69 Å². The van der Waals surface area contributed by atoms with Crippen molar-refractivity contribution in [2.24, 2.45) is 0 Å². The van der Waals surface area contributed by atoms with Gasteiger partial charge in [-0.1, -0.05) is 35.5 Å². The maximum Gasteiger partial charge on any atom is 0.171 e. The standard InChI is InChI=1S/C21H23N3O2/c1-25-20-9-7-19(8-10-20)24-13-11-23(12-14-24)16-18-15-22-26-21(18)17-5-3-2-4-6-17/h2-10,15H,11-14,16H2,1H3. The van der Waals surface area contributed by atoms with E-state index in [0.29, 0.717) is 0 Å². The van der Waals surface area contributed by atoms with Crippen LogP contribution in [0.2, 0.25) is 0 Å². The van der Waals surface area contributed by atoms with E-state index in [1.165, 1.54) is 5.69 Å². The molecule has 0 unspecified atom stereocenters. The molecule has 0 spiro atoms. The maximum atomic E-state index is 5.51. The molecule has 5 nitrogen and oxygen atoms in total. The second-order valence-corrected chi connectivity index (χ2v) is 6.51. The monoisotopic (exact) mass is 349 g/mol. The van der Waals surface area contributed by atoms with Gasteiger partial charge in [0.15, 0.2) is 5.76 Å². The predicted molar refractivity (Wildman–Crippen MR) is 102 cm³/mol. The molecule has 0 amide bonds. The van der Waals surface area contributed by atoms with Gasteiger partial charge in [0.1, 0.15) is 5.75 Å². The molecule has 4 rings (SSSR count). The Morgan fingerprint density at radius 2 is 1.69 bits per heavy atom. The molecule has 5 heteroatoms. The molecule has 134 valence electrons. The van der Waals surface area contributed by atoms with Crippen LogP contribution in [0.3, 0.4) is 0 Å². The van der Waals surface area contributed by atoms with Crippen molar-refractivity contribution in [2.45, 2.75) is 6.54 Å². The molecule has 1 saturated heterocycles. The molecule has 0 N–H and O–H groups in total. The minimum atomic E-state index is 0.865. The molecule has 3 aromatic rings. The molecule has 0 atom stereocenters. The van der Waals surface area contributed by atoms with Gasteiger partial charge >= 0.3 is 0 Å². The summed E-state index contributed by atoms with van der Waals surface area (Å²) in [7, 11) is 1.70. The van der Waals surface area contributed by atoms with Gasteiger partial charge in [0, 0.05) is 49.5 Å². The third kappa shape index (κ3) is 3.58. The highest BCUT2D eigenvalue weighted by atomic mass is 16.5. The molecule has 2 aromatic carbocycles. The normalized spacial score (nSPS) is 15.2. The Morgan fingerprint density at radius 1 is 0.962 bits per heavy atom. The number of rotatable bonds is 5. The number of benzene rings is 2. The molecular weight excluding hydrogens is 326 g/mol. The van der Waals surface area contributed by atoms with Gasteiger partial charge in [-0.05, 0) is 24.3 Å². The number of aromatic nitrogens is 1. The van der Waals surface area contributed by atoms with Crippen molar-refractivity contribution in [1.82, 2.24) is 10.1 Å². The highest BCUT2D eigenvalue weighted by Crippen LogP contribution is 2.25. The summed E-state index contributed by atoms with van der Waals surface area (Å²) in [6.07, 6.45) is 1.85. The van der Waals surface area contributed by atoms with Crippen molar-refractivity contribution in [1.29, 1.82) is 0 Å². The summed E-state index contributed by atoms with van der Waals surface area (Å²) in [6.45, 7) is 4.93. The zero-order valence-electron chi connectivity index (χ0n) is 15.0. The molecule has 1 aliphatic rings. The number of anilines is 1. The van der Waals surface area contributed by atoms with Crippen LogP contribution in [-0.2, 0) is 6.54 Å². The second-order valence-electron chi connectivity index (χ2n) is 6.51. The number of methoxy groups -OCH3 is 1. The van der Waals surface area contributed by atoms with Gasteiger partial charge in [-0.15, -0.1) is 0 Å². The Bertz CT molecular complexity index is 822. The van der Waals surface area contributed by atoms with Crippen LogP contribution in [0.5, 0.6) is 5.75 Å². The Morgan fingerprint density at radius 3 is 2.38 bits per heavy atom. The van der Waals surface area contributed by atoms with Gasteiger partial charge in [-0.3, -0.25) is 4.90 Å². The van der Waals surface area contributed by atoms with Crippen LogP contribution in [0.15, 0.2) is 65.3 Å². The summed E-state index contributed by atoms with van der Waals surface area (Å²) < 4.78 is 10.7. The number of nitrogens with zero attached hydrogens (tertiary/aromatic N) is 3. The van der Waals surface area contributed by atoms with E-state index in [0.717, 1.165) is 55.4 Å². The first-order chi connectivity index (χ1) is 12.8. The zero-order valence-corrected chi connectivity index (χ0v) is 15.0. The fraction of sp³-hybridized carbons (Fsp3) is 0.286. The zero-order chi connectivity index (χ0) is 17.8. The third-order valence-corrected chi connectivity index (χ3v) is 4.88. The van der Waals surface area contributed by atoms with E-state index in [-0.39, 0.29) is 0 Å². The van der Waals surface area contributed by atoms with Gasteiger partial charge < -0.3 is 14.2 Å². The van der Waals surface area contributed by atoms with Gasteiger partial charge in [0.05, 0.1) is 13.3 Å². The van der Waals surface area contributed by atoms with Crippen LogP contribution in [0.1, 0.15) is 5.56 Å². The van der Waals surface area contributed by atoms with Crippen LogP contribution >= 0.6 is 0 Å². The van der Waals surface area contributed by atoms with Crippen molar-refractivity contribution in [2.75, 3.05) is 38.2 Å². The molecule has 26 heavy (non-hydrogen) atoms. The van der Waals surface area contributed by atoms with E-state index in [1.54, 1.807) is 7.11 Å². The van der Waals surface area contributed by atoms with E-state index in [1.807, 2.05) is 36.5 Å². The lowest BCUT2D eigenvalue weighted by Crippen LogP contribution is -2.45. The molecule has 1 aromatic heterocycles. The third-order valence-electron chi connectivity index (χ3n) is 4.88. The maximum absolute atomic E-state index is 5.51. The molecule has 1 aliphatic heterocycles. The topological polar surface area (TPSA) is 41.7 Å². The van der Waals surface area contributed by atoms with Crippen LogP contribution in [0.25, 0.3) is 11.3 Å². The molecule has 2 heterocycles. The molecule has 0 bridgehead atoms. The van der Waals surface area contributed by atoms with Crippen molar-refractivity contribution in [3.05, 3.63) is 66.4 Å². The van der Waals surface area contributed by atoms with E-state index < -0.39 is 0 Å². The van der Waals surface area contributed by atoms with Crippen LogP contribution in [0, 0.1) is 0 Å². The lowest BCUT2D eigenvalue weighted by molar-refractivity contribution is 0.249. The average molecular weight is 349 g/mol. The van der Waals surface area contributed by atoms with Gasteiger partial charge in [-0.2, -0.15) is 0 Å².